The summed E-state index contributed by atoms with van der Waals surface area (Å²) in [6.45, 7) is 1.26. The van der Waals surface area contributed by atoms with Crippen LogP contribution in [0.3, 0.4) is 0 Å². The lowest BCUT2D eigenvalue weighted by molar-refractivity contribution is -0.153. The number of carboxylic acid groups (broad SMARTS) is 1. The van der Waals surface area contributed by atoms with Gasteiger partial charge in [0.2, 0.25) is 5.91 Å². The highest BCUT2D eigenvalue weighted by atomic mass is 35.5. The topological polar surface area (TPSA) is 57.6 Å². The number of hydrogen-bond donors (Lipinski definition) is 1. The van der Waals surface area contributed by atoms with Crippen LogP contribution in [-0.2, 0) is 9.59 Å². The molecule has 4 nitrogen and oxygen atoms in total. The molecule has 1 saturated carbocycles. The van der Waals surface area contributed by atoms with E-state index in [0.29, 0.717) is 31.8 Å². The Morgan fingerprint density at radius 2 is 1.90 bits per heavy atom. The fourth-order valence-corrected chi connectivity index (χ4v) is 3.32. The van der Waals surface area contributed by atoms with E-state index in [2.05, 4.69) is 6.07 Å². The van der Waals surface area contributed by atoms with Gasteiger partial charge in [0.25, 0.3) is 0 Å². The number of rotatable bonds is 3. The molecule has 1 saturated heterocycles. The average molecular weight is 308 g/mol. The highest BCUT2D eigenvalue weighted by Crippen LogP contribution is 2.48. The third kappa shape index (κ3) is 2.64. The summed E-state index contributed by atoms with van der Waals surface area (Å²) in [5.74, 6) is -0.767. The van der Waals surface area contributed by atoms with Gasteiger partial charge in [0.15, 0.2) is 0 Å². The number of nitrogens with zero attached hydrogens (tertiary/aromatic N) is 1. The van der Waals surface area contributed by atoms with Crippen LogP contribution < -0.4 is 0 Å². The van der Waals surface area contributed by atoms with E-state index in [1.54, 1.807) is 4.90 Å². The van der Waals surface area contributed by atoms with E-state index in [4.69, 9.17) is 11.6 Å². The van der Waals surface area contributed by atoms with Crippen LogP contribution in [0.25, 0.3) is 0 Å². The van der Waals surface area contributed by atoms with Crippen LogP contribution in [0.2, 0.25) is 5.02 Å². The second-order valence-electron chi connectivity index (χ2n) is 6.01. The normalized spacial score (nSPS) is 21.1. The summed E-state index contributed by atoms with van der Waals surface area (Å²) < 4.78 is 0. The van der Waals surface area contributed by atoms with Crippen LogP contribution in [-0.4, -0.2) is 35.0 Å². The number of carboxylic acids is 1. The van der Waals surface area contributed by atoms with Crippen LogP contribution in [0.15, 0.2) is 24.3 Å². The van der Waals surface area contributed by atoms with Crippen molar-refractivity contribution in [3.63, 3.8) is 0 Å². The third-order valence-electron chi connectivity index (χ3n) is 4.67. The molecule has 0 spiro atoms. The Bertz CT molecular complexity index is 575. The molecule has 1 amide bonds. The molecule has 21 heavy (non-hydrogen) atoms. The Hall–Kier alpha value is -1.55. The van der Waals surface area contributed by atoms with E-state index >= 15 is 0 Å². The number of piperidine rings is 1. The van der Waals surface area contributed by atoms with Crippen molar-refractivity contribution in [2.75, 3.05) is 13.1 Å². The quantitative estimate of drug-likeness (QED) is 0.874. The molecule has 0 aromatic heterocycles. The molecule has 112 valence electrons. The maximum Gasteiger partial charge on any atom is 0.319 e. The first kappa shape index (κ1) is 14.4. The molecule has 1 heterocycles. The largest absolute Gasteiger partial charge is 0.480 e. The van der Waals surface area contributed by atoms with E-state index in [1.807, 2.05) is 18.2 Å². The zero-order valence-corrected chi connectivity index (χ0v) is 12.5. The molecule has 1 N–H and O–H groups in total. The van der Waals surface area contributed by atoms with E-state index in [-0.39, 0.29) is 5.91 Å². The number of carbonyl (C=O) groups excluding carboxylic acids is 1. The molecular weight excluding hydrogens is 290 g/mol. The SMILES string of the molecule is O=C(O)C1(C(=O)N2CCC(c3cccc(Cl)c3)CC2)CC1. The zero-order chi connectivity index (χ0) is 15.0. The van der Waals surface area contributed by atoms with Crippen molar-refractivity contribution >= 4 is 23.5 Å². The van der Waals surface area contributed by atoms with Crippen LogP contribution in [0, 0.1) is 5.41 Å². The fourth-order valence-electron chi connectivity index (χ4n) is 3.12. The molecule has 5 heteroatoms. The minimum atomic E-state index is -1.11. The van der Waals surface area contributed by atoms with Crippen molar-refractivity contribution in [3.8, 4) is 0 Å². The first-order valence-corrected chi connectivity index (χ1v) is 7.69. The molecule has 2 aliphatic rings. The van der Waals surface area contributed by atoms with Gasteiger partial charge in [-0.05, 0) is 49.3 Å². The molecule has 0 bridgehead atoms. The minimum absolute atomic E-state index is 0.195. The zero-order valence-electron chi connectivity index (χ0n) is 11.7. The first-order valence-electron chi connectivity index (χ1n) is 7.31. The number of amides is 1. The number of carbonyl (C=O) groups is 2. The van der Waals surface area contributed by atoms with E-state index in [0.717, 1.165) is 17.9 Å². The summed E-state index contributed by atoms with van der Waals surface area (Å²) in [4.78, 5) is 25.3. The van der Waals surface area contributed by atoms with Crippen molar-refractivity contribution < 1.29 is 14.7 Å². The molecule has 1 aromatic rings. The number of benzene rings is 1. The van der Waals surface area contributed by atoms with Crippen molar-refractivity contribution in [1.29, 1.82) is 0 Å². The van der Waals surface area contributed by atoms with Gasteiger partial charge in [-0.15, -0.1) is 0 Å². The molecule has 2 fully saturated rings. The molecule has 3 rings (SSSR count). The second kappa shape index (κ2) is 5.34. The van der Waals surface area contributed by atoms with Gasteiger partial charge in [-0.25, -0.2) is 0 Å². The number of hydrogen-bond acceptors (Lipinski definition) is 2. The van der Waals surface area contributed by atoms with Crippen LogP contribution >= 0.6 is 11.6 Å². The lowest BCUT2D eigenvalue weighted by Crippen LogP contribution is -2.44. The number of likely N-dealkylation sites (tertiary alicyclic amines) is 1. The van der Waals surface area contributed by atoms with Crippen LogP contribution in [0.4, 0.5) is 0 Å². The first-order chi connectivity index (χ1) is 10.0. The predicted molar refractivity (Wildman–Crippen MR) is 79.3 cm³/mol. The Balaban J connectivity index is 1.63. The Morgan fingerprint density at radius 1 is 1.24 bits per heavy atom. The second-order valence-corrected chi connectivity index (χ2v) is 6.45. The maximum atomic E-state index is 12.3. The number of aliphatic carboxylic acids is 1. The lowest BCUT2D eigenvalue weighted by atomic mass is 9.89. The monoisotopic (exact) mass is 307 g/mol. The summed E-state index contributed by atoms with van der Waals surface area (Å²) in [5, 5.41) is 9.93. The average Bonchev–Trinajstić information content (AvgIpc) is 3.28. The highest BCUT2D eigenvalue weighted by molar-refractivity contribution is 6.30. The van der Waals surface area contributed by atoms with E-state index in [9.17, 15) is 14.7 Å². The summed E-state index contributed by atoms with van der Waals surface area (Å²) in [7, 11) is 0. The van der Waals surface area contributed by atoms with Gasteiger partial charge in [0.05, 0.1) is 0 Å². The molecular formula is C16H18ClNO3. The van der Waals surface area contributed by atoms with Gasteiger partial charge in [-0.1, -0.05) is 23.7 Å². The Kier molecular flexibility index (Phi) is 3.66. The number of halogens is 1. The van der Waals surface area contributed by atoms with Gasteiger partial charge in [-0.3, -0.25) is 9.59 Å². The molecule has 1 aliphatic carbocycles. The minimum Gasteiger partial charge on any atom is -0.480 e. The van der Waals surface area contributed by atoms with Crippen molar-refractivity contribution in [2.24, 2.45) is 5.41 Å². The van der Waals surface area contributed by atoms with Gasteiger partial charge < -0.3 is 10.0 Å². The summed E-state index contributed by atoms with van der Waals surface area (Å²) in [5.41, 5.74) is 0.0945. The Morgan fingerprint density at radius 3 is 2.43 bits per heavy atom. The van der Waals surface area contributed by atoms with E-state index in [1.165, 1.54) is 5.56 Å². The lowest BCUT2D eigenvalue weighted by Gasteiger charge is -2.33. The fraction of sp³-hybridized carbons (Fsp3) is 0.500. The maximum absolute atomic E-state index is 12.3. The van der Waals surface area contributed by atoms with Gasteiger partial charge >= 0.3 is 5.97 Å². The van der Waals surface area contributed by atoms with Crippen molar-refractivity contribution in [1.82, 2.24) is 4.90 Å². The van der Waals surface area contributed by atoms with Gasteiger partial charge in [-0.2, -0.15) is 0 Å². The molecule has 1 aromatic carbocycles. The van der Waals surface area contributed by atoms with Crippen LogP contribution in [0.5, 0.6) is 0 Å². The van der Waals surface area contributed by atoms with Gasteiger partial charge in [0, 0.05) is 18.1 Å². The van der Waals surface area contributed by atoms with E-state index < -0.39 is 11.4 Å². The van der Waals surface area contributed by atoms with Gasteiger partial charge in [0.1, 0.15) is 5.41 Å². The summed E-state index contributed by atoms with van der Waals surface area (Å²) >= 11 is 6.02. The molecule has 0 atom stereocenters. The molecule has 0 unspecified atom stereocenters. The standard InChI is InChI=1S/C16H18ClNO3/c17-13-3-1-2-12(10-13)11-4-8-18(9-5-11)14(19)16(6-7-16)15(20)21/h1-3,10-11H,4-9H2,(H,20,21). The molecule has 0 radical (unpaired) electrons. The summed E-state index contributed by atoms with van der Waals surface area (Å²) in [6.07, 6.45) is 2.69. The highest BCUT2D eigenvalue weighted by Gasteiger charge is 2.58. The van der Waals surface area contributed by atoms with Crippen LogP contribution in [0.1, 0.15) is 37.2 Å². The summed E-state index contributed by atoms with van der Waals surface area (Å²) in [6, 6.07) is 7.84. The molecule has 1 aliphatic heterocycles. The Labute approximate surface area is 128 Å². The van der Waals surface area contributed by atoms with Crippen molar-refractivity contribution in [2.45, 2.75) is 31.6 Å². The van der Waals surface area contributed by atoms with Crippen molar-refractivity contribution in [3.05, 3.63) is 34.9 Å². The smallest absolute Gasteiger partial charge is 0.319 e. The predicted octanol–water partition coefficient (Wildman–Crippen LogP) is 2.91. The third-order valence-corrected chi connectivity index (χ3v) is 4.91.